The highest BCUT2D eigenvalue weighted by Gasteiger charge is 2.43. The quantitative estimate of drug-likeness (QED) is 0.671. The van der Waals surface area contributed by atoms with Gasteiger partial charge in [0, 0.05) is 16.3 Å². The molecule has 21 heavy (non-hydrogen) atoms. The summed E-state index contributed by atoms with van der Waals surface area (Å²) in [5.74, 6) is 0.614. The van der Waals surface area contributed by atoms with Crippen molar-refractivity contribution < 1.29 is 0 Å². The Balaban J connectivity index is 1.94. The molecule has 3 rings (SSSR count). The van der Waals surface area contributed by atoms with Gasteiger partial charge in [0.1, 0.15) is 0 Å². The molecule has 2 unspecified atom stereocenters. The number of alkyl halides is 1. The Hall–Kier alpha value is -1.15. The van der Waals surface area contributed by atoms with E-state index < -0.39 is 4.87 Å². The van der Waals surface area contributed by atoms with Crippen LogP contribution in [0.15, 0.2) is 30.3 Å². The van der Waals surface area contributed by atoms with Crippen LogP contribution in [0.25, 0.3) is 4.91 Å². The standard InChI is InChI=1S/C16H18ClN3S/c17-16(10-18)11-21-14(12-3-5-13(19)6-4-12)9-15(16)20-7-1-2-8-20/h3-6,9,15H,1-2,7-8,11,19H2. The third-order valence-electron chi connectivity index (χ3n) is 4.13. The van der Waals surface area contributed by atoms with E-state index in [0.29, 0.717) is 5.75 Å². The summed E-state index contributed by atoms with van der Waals surface area (Å²) in [6.07, 6.45) is 4.54. The van der Waals surface area contributed by atoms with Crippen LogP contribution in [0.3, 0.4) is 0 Å². The fraction of sp³-hybridized carbons (Fsp3) is 0.438. The lowest BCUT2D eigenvalue weighted by Crippen LogP contribution is -2.49. The molecule has 0 saturated carbocycles. The van der Waals surface area contributed by atoms with Crippen LogP contribution >= 0.6 is 23.4 Å². The molecule has 1 fully saturated rings. The van der Waals surface area contributed by atoms with E-state index in [1.165, 1.54) is 17.7 Å². The fourth-order valence-electron chi connectivity index (χ4n) is 2.93. The fourth-order valence-corrected chi connectivity index (χ4v) is 4.43. The van der Waals surface area contributed by atoms with E-state index in [4.69, 9.17) is 17.3 Å². The van der Waals surface area contributed by atoms with E-state index in [1.54, 1.807) is 11.8 Å². The first-order valence-electron chi connectivity index (χ1n) is 7.17. The van der Waals surface area contributed by atoms with Gasteiger partial charge in [0.15, 0.2) is 4.87 Å². The molecule has 5 heteroatoms. The van der Waals surface area contributed by atoms with Crippen LogP contribution in [0.1, 0.15) is 18.4 Å². The van der Waals surface area contributed by atoms with Gasteiger partial charge in [-0.05, 0) is 43.6 Å². The lowest BCUT2D eigenvalue weighted by atomic mass is 9.98. The summed E-state index contributed by atoms with van der Waals surface area (Å²) in [5.41, 5.74) is 7.66. The second-order valence-electron chi connectivity index (χ2n) is 5.60. The topological polar surface area (TPSA) is 53.1 Å². The number of anilines is 1. The number of rotatable bonds is 2. The van der Waals surface area contributed by atoms with E-state index in [1.807, 2.05) is 24.3 Å². The summed E-state index contributed by atoms with van der Waals surface area (Å²) in [7, 11) is 0. The molecule has 0 aliphatic carbocycles. The van der Waals surface area contributed by atoms with Crippen molar-refractivity contribution in [3.05, 3.63) is 35.9 Å². The van der Waals surface area contributed by atoms with Crippen molar-refractivity contribution in [1.82, 2.24) is 4.90 Å². The smallest absolute Gasteiger partial charge is 0.159 e. The number of nitriles is 1. The molecular formula is C16H18ClN3S. The van der Waals surface area contributed by atoms with Gasteiger partial charge in [0.05, 0.1) is 12.1 Å². The Labute approximate surface area is 134 Å². The van der Waals surface area contributed by atoms with Crippen molar-refractivity contribution in [3.63, 3.8) is 0 Å². The van der Waals surface area contributed by atoms with E-state index in [2.05, 4.69) is 17.0 Å². The first kappa shape index (κ1) is 14.8. The molecule has 0 bridgehead atoms. The van der Waals surface area contributed by atoms with Gasteiger partial charge in [0.2, 0.25) is 0 Å². The number of hydrogen-bond donors (Lipinski definition) is 1. The Morgan fingerprint density at radius 3 is 2.57 bits per heavy atom. The van der Waals surface area contributed by atoms with Crippen molar-refractivity contribution in [1.29, 1.82) is 5.26 Å². The summed E-state index contributed by atoms with van der Waals surface area (Å²) in [6.45, 7) is 2.05. The molecule has 110 valence electrons. The highest BCUT2D eigenvalue weighted by molar-refractivity contribution is 8.08. The van der Waals surface area contributed by atoms with Gasteiger partial charge in [-0.1, -0.05) is 29.8 Å². The normalized spacial score (nSPS) is 29.9. The molecule has 1 saturated heterocycles. The van der Waals surface area contributed by atoms with Crippen LogP contribution in [0, 0.1) is 11.3 Å². The van der Waals surface area contributed by atoms with E-state index in [9.17, 15) is 5.26 Å². The maximum atomic E-state index is 9.51. The number of thioether (sulfide) groups is 1. The first-order valence-corrected chi connectivity index (χ1v) is 8.53. The first-order chi connectivity index (χ1) is 10.1. The molecule has 1 aromatic rings. The van der Waals surface area contributed by atoms with Crippen LogP contribution in [0.4, 0.5) is 5.69 Å². The third kappa shape index (κ3) is 2.91. The van der Waals surface area contributed by atoms with Gasteiger partial charge < -0.3 is 5.73 Å². The van der Waals surface area contributed by atoms with Crippen molar-refractivity contribution in [3.8, 4) is 6.07 Å². The second-order valence-corrected chi connectivity index (χ2v) is 7.30. The average Bonchev–Trinajstić information content (AvgIpc) is 3.03. The van der Waals surface area contributed by atoms with E-state index >= 15 is 0 Å². The molecule has 0 spiro atoms. The van der Waals surface area contributed by atoms with Crippen LogP contribution < -0.4 is 5.73 Å². The zero-order valence-electron chi connectivity index (χ0n) is 11.8. The maximum absolute atomic E-state index is 9.51. The maximum Gasteiger partial charge on any atom is 0.159 e. The van der Waals surface area contributed by atoms with Crippen LogP contribution in [0.5, 0.6) is 0 Å². The number of halogens is 1. The Morgan fingerprint density at radius 1 is 1.29 bits per heavy atom. The summed E-state index contributed by atoms with van der Waals surface area (Å²) in [4.78, 5) is 2.71. The highest BCUT2D eigenvalue weighted by Crippen LogP contribution is 2.42. The van der Waals surface area contributed by atoms with Crippen molar-refractivity contribution in [2.45, 2.75) is 23.8 Å². The molecule has 0 aromatic heterocycles. The molecule has 1 aromatic carbocycles. The van der Waals surface area contributed by atoms with Crippen molar-refractivity contribution >= 4 is 34.0 Å². The summed E-state index contributed by atoms with van der Waals surface area (Å²) < 4.78 is 0. The molecule has 2 atom stereocenters. The van der Waals surface area contributed by atoms with Gasteiger partial charge in [-0.2, -0.15) is 5.26 Å². The summed E-state index contributed by atoms with van der Waals surface area (Å²) in [5, 5.41) is 9.51. The minimum absolute atomic E-state index is 0.0135. The van der Waals surface area contributed by atoms with Crippen LogP contribution in [-0.2, 0) is 0 Å². The SMILES string of the molecule is N#CC1(Cl)CSC(c2ccc(N)cc2)=CC1N1CCCC1. The molecule has 2 aliphatic heterocycles. The molecule has 0 radical (unpaired) electrons. The summed E-state index contributed by atoms with van der Waals surface area (Å²) in [6, 6.07) is 10.2. The Morgan fingerprint density at radius 2 is 1.95 bits per heavy atom. The van der Waals surface area contributed by atoms with Crippen LogP contribution in [0.2, 0.25) is 0 Å². The van der Waals surface area contributed by atoms with Gasteiger partial charge in [-0.3, -0.25) is 4.90 Å². The largest absolute Gasteiger partial charge is 0.399 e. The zero-order valence-corrected chi connectivity index (χ0v) is 13.3. The number of nitrogen functional groups attached to an aromatic ring is 1. The number of nitrogens with zero attached hydrogens (tertiary/aromatic N) is 2. The van der Waals surface area contributed by atoms with E-state index in [-0.39, 0.29) is 6.04 Å². The third-order valence-corrected chi connectivity index (χ3v) is 6.01. The van der Waals surface area contributed by atoms with Gasteiger partial charge in [0.25, 0.3) is 0 Å². The molecule has 2 heterocycles. The number of nitrogens with two attached hydrogens (primary N) is 1. The molecule has 2 N–H and O–H groups in total. The lowest BCUT2D eigenvalue weighted by molar-refractivity contribution is 0.262. The number of hydrogen-bond acceptors (Lipinski definition) is 4. The van der Waals surface area contributed by atoms with Crippen molar-refractivity contribution in [2.24, 2.45) is 0 Å². The van der Waals surface area contributed by atoms with Crippen molar-refractivity contribution in [2.75, 3.05) is 24.6 Å². The van der Waals surface area contributed by atoms with E-state index in [0.717, 1.165) is 24.3 Å². The molecule has 3 nitrogen and oxygen atoms in total. The van der Waals surface area contributed by atoms with Gasteiger partial charge in [-0.15, -0.1) is 11.8 Å². The Kier molecular flexibility index (Phi) is 4.17. The molecular weight excluding hydrogens is 302 g/mol. The highest BCUT2D eigenvalue weighted by atomic mass is 35.5. The average molecular weight is 320 g/mol. The predicted octanol–water partition coefficient (Wildman–Crippen LogP) is 3.32. The lowest BCUT2D eigenvalue weighted by Gasteiger charge is -2.38. The van der Waals surface area contributed by atoms with Gasteiger partial charge >= 0.3 is 0 Å². The van der Waals surface area contributed by atoms with Crippen LogP contribution in [-0.4, -0.2) is 34.7 Å². The Bertz CT molecular complexity index is 587. The monoisotopic (exact) mass is 319 g/mol. The molecule has 0 amide bonds. The number of benzene rings is 1. The summed E-state index contributed by atoms with van der Waals surface area (Å²) >= 11 is 8.25. The number of likely N-dealkylation sites (tertiary alicyclic amines) is 1. The minimum atomic E-state index is -0.827. The minimum Gasteiger partial charge on any atom is -0.399 e. The van der Waals surface area contributed by atoms with Gasteiger partial charge in [-0.25, -0.2) is 0 Å². The molecule has 2 aliphatic rings. The second kappa shape index (κ2) is 5.92. The predicted molar refractivity (Wildman–Crippen MR) is 90.1 cm³/mol. The zero-order chi connectivity index (χ0) is 14.9.